The van der Waals surface area contributed by atoms with Crippen LogP contribution in [0.1, 0.15) is 34.6 Å². The first-order chi connectivity index (χ1) is 7.36. The molecule has 0 saturated heterocycles. The molecular weight excluding hydrogens is 200 g/mol. The van der Waals surface area contributed by atoms with E-state index in [-0.39, 0.29) is 23.5 Å². The van der Waals surface area contributed by atoms with E-state index >= 15 is 0 Å². The molecule has 0 heterocycles. The first kappa shape index (κ1) is 15.2. The summed E-state index contributed by atoms with van der Waals surface area (Å²) in [6, 6.07) is 0.125. The van der Waals surface area contributed by atoms with Gasteiger partial charge in [0.1, 0.15) is 0 Å². The van der Waals surface area contributed by atoms with Gasteiger partial charge in [-0.15, -0.1) is 0 Å². The van der Waals surface area contributed by atoms with Crippen LogP contribution in [0.3, 0.4) is 0 Å². The molecule has 0 spiro atoms. The molecular formula is C13H26N2O. The number of aliphatic hydroxyl groups excluding tert-OH is 1. The molecule has 0 bridgehead atoms. The van der Waals surface area contributed by atoms with Gasteiger partial charge in [-0.25, -0.2) is 0 Å². The van der Waals surface area contributed by atoms with Gasteiger partial charge in [0, 0.05) is 30.1 Å². The number of rotatable bonds is 7. The summed E-state index contributed by atoms with van der Waals surface area (Å²) in [5, 5.41) is 12.9. The van der Waals surface area contributed by atoms with Crippen molar-refractivity contribution in [2.45, 2.75) is 46.8 Å². The zero-order chi connectivity index (χ0) is 12.8. The fourth-order valence-electron chi connectivity index (χ4n) is 1.86. The maximum absolute atomic E-state index is 9.69. The zero-order valence-electron chi connectivity index (χ0n) is 11.2. The lowest BCUT2D eigenvalue weighted by molar-refractivity contribution is 0.0920. The Morgan fingerprint density at radius 1 is 1.44 bits per heavy atom. The molecule has 2 N–H and O–H groups in total. The topological polar surface area (TPSA) is 44.6 Å². The van der Waals surface area contributed by atoms with Gasteiger partial charge in [0.2, 0.25) is 0 Å². The molecule has 94 valence electrons. The van der Waals surface area contributed by atoms with Crippen LogP contribution in [-0.2, 0) is 0 Å². The second-order valence-electron chi connectivity index (χ2n) is 4.90. The van der Waals surface area contributed by atoms with Crippen LogP contribution in [0.5, 0.6) is 0 Å². The third-order valence-corrected chi connectivity index (χ3v) is 2.99. The Morgan fingerprint density at radius 3 is 2.38 bits per heavy atom. The summed E-state index contributed by atoms with van der Waals surface area (Å²) < 4.78 is 0. The van der Waals surface area contributed by atoms with Crippen molar-refractivity contribution >= 4 is 6.21 Å². The zero-order valence-corrected chi connectivity index (χ0v) is 11.2. The van der Waals surface area contributed by atoms with Crippen LogP contribution >= 0.6 is 0 Å². The predicted octanol–water partition coefficient (Wildman–Crippen LogP) is 2.22. The van der Waals surface area contributed by atoms with Gasteiger partial charge >= 0.3 is 0 Å². The first-order valence-electron chi connectivity index (χ1n) is 5.92. The summed E-state index contributed by atoms with van der Waals surface area (Å²) in [4.78, 5) is 4.31. The van der Waals surface area contributed by atoms with E-state index < -0.39 is 0 Å². The van der Waals surface area contributed by atoms with Gasteiger partial charge in [-0.2, -0.15) is 0 Å². The second kappa shape index (κ2) is 6.69. The molecule has 0 fully saturated rings. The molecule has 0 aliphatic heterocycles. The molecule has 0 aromatic carbocycles. The van der Waals surface area contributed by atoms with E-state index in [1.807, 2.05) is 27.0 Å². The minimum atomic E-state index is -0.355. The lowest BCUT2D eigenvalue weighted by Crippen LogP contribution is -2.48. The number of aliphatic hydroxyl groups is 1. The molecule has 0 amide bonds. The monoisotopic (exact) mass is 226 g/mol. The number of hydrogen-bond donors (Lipinski definition) is 2. The average Bonchev–Trinajstić information content (AvgIpc) is 2.21. The van der Waals surface area contributed by atoms with Gasteiger partial charge < -0.3 is 10.4 Å². The molecule has 0 rings (SSSR count). The fraction of sp³-hybridized carbons (Fsp3) is 0.769. The molecule has 0 aliphatic rings. The van der Waals surface area contributed by atoms with Crippen molar-refractivity contribution in [2.24, 2.45) is 16.3 Å². The maximum Gasteiger partial charge on any atom is 0.0557 e. The minimum Gasteiger partial charge on any atom is -0.393 e. The lowest BCUT2D eigenvalue weighted by Gasteiger charge is -2.37. The second-order valence-corrected chi connectivity index (χ2v) is 4.90. The largest absolute Gasteiger partial charge is 0.393 e. The van der Waals surface area contributed by atoms with Crippen molar-refractivity contribution in [1.29, 1.82) is 0 Å². The summed E-state index contributed by atoms with van der Waals surface area (Å²) in [6.45, 7) is 14.6. The van der Waals surface area contributed by atoms with Gasteiger partial charge in [0.15, 0.2) is 0 Å². The Bertz CT molecular complexity index is 234. The standard InChI is InChI=1S/C13H26N2O/c1-7-14-9-13(5,6)12(15-8-2)10(3)11(4)16/h8-12,15-16H,2,7H2,1,3-6H3/t10-,11?,12-/m0/s1. The summed E-state index contributed by atoms with van der Waals surface area (Å²) in [5.74, 6) is 0.135. The molecule has 3 nitrogen and oxygen atoms in total. The van der Waals surface area contributed by atoms with Crippen molar-refractivity contribution in [1.82, 2.24) is 5.32 Å². The summed E-state index contributed by atoms with van der Waals surface area (Å²) in [5.41, 5.74) is -0.111. The highest BCUT2D eigenvalue weighted by molar-refractivity contribution is 5.66. The van der Waals surface area contributed by atoms with Crippen LogP contribution in [0, 0.1) is 11.3 Å². The van der Waals surface area contributed by atoms with E-state index in [1.54, 1.807) is 6.20 Å². The van der Waals surface area contributed by atoms with Crippen molar-refractivity contribution < 1.29 is 5.11 Å². The van der Waals surface area contributed by atoms with Crippen molar-refractivity contribution in [3.05, 3.63) is 12.8 Å². The van der Waals surface area contributed by atoms with E-state index in [4.69, 9.17) is 0 Å². The molecule has 0 aromatic heterocycles. The Hall–Kier alpha value is -0.830. The first-order valence-corrected chi connectivity index (χ1v) is 5.92. The van der Waals surface area contributed by atoms with Crippen LogP contribution in [0.25, 0.3) is 0 Å². The highest BCUT2D eigenvalue weighted by atomic mass is 16.3. The van der Waals surface area contributed by atoms with Crippen LogP contribution < -0.4 is 5.32 Å². The number of nitrogens with zero attached hydrogens (tertiary/aromatic N) is 1. The fourth-order valence-corrected chi connectivity index (χ4v) is 1.86. The predicted molar refractivity (Wildman–Crippen MR) is 70.8 cm³/mol. The summed E-state index contributed by atoms with van der Waals surface area (Å²) in [7, 11) is 0. The maximum atomic E-state index is 9.69. The van der Waals surface area contributed by atoms with Gasteiger partial charge in [-0.3, -0.25) is 4.99 Å². The highest BCUT2D eigenvalue weighted by Gasteiger charge is 2.33. The molecule has 0 aliphatic carbocycles. The van der Waals surface area contributed by atoms with E-state index in [2.05, 4.69) is 30.7 Å². The van der Waals surface area contributed by atoms with E-state index in [0.29, 0.717) is 0 Å². The number of hydrogen-bond acceptors (Lipinski definition) is 3. The van der Waals surface area contributed by atoms with E-state index in [1.165, 1.54) is 0 Å². The van der Waals surface area contributed by atoms with Crippen LogP contribution in [-0.4, -0.2) is 30.0 Å². The van der Waals surface area contributed by atoms with Crippen molar-refractivity contribution in [3.8, 4) is 0 Å². The third-order valence-electron chi connectivity index (χ3n) is 2.99. The van der Waals surface area contributed by atoms with Gasteiger partial charge in [-0.05, 0) is 20.0 Å². The van der Waals surface area contributed by atoms with Gasteiger partial charge in [0.25, 0.3) is 0 Å². The lowest BCUT2D eigenvalue weighted by atomic mass is 9.77. The molecule has 0 aromatic rings. The normalized spacial score (nSPS) is 18.1. The highest BCUT2D eigenvalue weighted by Crippen LogP contribution is 2.26. The Labute approximate surface area is 99.7 Å². The number of aliphatic imine (C=N–C) groups is 1. The SMILES string of the molecule is C=CN[C@@H]([C@@H](C)C(C)O)C(C)(C)C=NCC. The van der Waals surface area contributed by atoms with E-state index in [9.17, 15) is 5.11 Å². The Balaban J connectivity index is 4.87. The van der Waals surface area contributed by atoms with Crippen molar-refractivity contribution in [3.63, 3.8) is 0 Å². The Kier molecular flexibility index (Phi) is 6.34. The van der Waals surface area contributed by atoms with Crippen LogP contribution in [0.2, 0.25) is 0 Å². The van der Waals surface area contributed by atoms with E-state index in [0.717, 1.165) is 6.54 Å². The quantitative estimate of drug-likeness (QED) is 0.654. The summed E-state index contributed by atoms with van der Waals surface area (Å²) in [6.07, 6.45) is 3.30. The van der Waals surface area contributed by atoms with Crippen LogP contribution in [0.4, 0.5) is 0 Å². The van der Waals surface area contributed by atoms with Crippen LogP contribution in [0.15, 0.2) is 17.8 Å². The molecule has 3 heteroatoms. The average molecular weight is 226 g/mol. The van der Waals surface area contributed by atoms with Gasteiger partial charge in [-0.1, -0.05) is 27.4 Å². The minimum absolute atomic E-state index is 0.111. The van der Waals surface area contributed by atoms with Gasteiger partial charge in [0.05, 0.1) is 6.10 Å². The Morgan fingerprint density at radius 2 is 2.00 bits per heavy atom. The molecule has 0 radical (unpaired) electrons. The molecule has 16 heavy (non-hydrogen) atoms. The smallest absolute Gasteiger partial charge is 0.0557 e. The van der Waals surface area contributed by atoms with Crippen molar-refractivity contribution in [2.75, 3.05) is 6.54 Å². The molecule has 3 atom stereocenters. The molecule has 0 saturated carbocycles. The number of nitrogens with one attached hydrogen (secondary N) is 1. The third kappa shape index (κ3) is 4.35. The summed E-state index contributed by atoms with van der Waals surface area (Å²) >= 11 is 0. The molecule has 1 unspecified atom stereocenters.